The fourth-order valence-electron chi connectivity index (χ4n) is 8.38. The van der Waals surface area contributed by atoms with Gasteiger partial charge in [-0.2, -0.15) is 0 Å². The molecule has 56 heavy (non-hydrogen) atoms. The second-order valence-corrected chi connectivity index (χ2v) is 15.8. The van der Waals surface area contributed by atoms with Crippen molar-refractivity contribution in [1.82, 2.24) is 0 Å². The molecule has 1 N–H and O–H groups in total. The van der Waals surface area contributed by atoms with Crippen LogP contribution in [0.5, 0.6) is 5.75 Å². The molecular formula is C34H21BrCl2F5N5O9. The molecule has 1 saturated carbocycles. The van der Waals surface area contributed by atoms with E-state index >= 15 is 8.78 Å². The van der Waals surface area contributed by atoms with Crippen LogP contribution < -0.4 is 14.7 Å². The Morgan fingerprint density at radius 1 is 0.839 bits per heavy atom. The van der Waals surface area contributed by atoms with Crippen LogP contribution in [0.15, 0.2) is 46.5 Å². The second-order valence-electron chi connectivity index (χ2n) is 13.6. The van der Waals surface area contributed by atoms with Gasteiger partial charge in [-0.1, -0.05) is 27.6 Å². The van der Waals surface area contributed by atoms with Crippen molar-refractivity contribution in [3.05, 3.63) is 101 Å². The van der Waals surface area contributed by atoms with Crippen molar-refractivity contribution < 1.29 is 56.1 Å². The van der Waals surface area contributed by atoms with Gasteiger partial charge in [0.2, 0.25) is 17.6 Å². The molecule has 3 aromatic carbocycles. The molecule has 2 heterocycles. The molecule has 3 fully saturated rings. The van der Waals surface area contributed by atoms with Crippen LogP contribution in [0.3, 0.4) is 0 Å². The molecule has 0 unspecified atom stereocenters. The Kier molecular flexibility index (Phi) is 9.01. The van der Waals surface area contributed by atoms with Crippen LogP contribution in [-0.4, -0.2) is 62.4 Å². The lowest BCUT2D eigenvalue weighted by molar-refractivity contribution is -0.392. The maximum absolute atomic E-state index is 15.3. The van der Waals surface area contributed by atoms with E-state index in [1.54, 1.807) is 0 Å². The number of nitro benzene ring substituents is 2. The van der Waals surface area contributed by atoms with E-state index in [0.29, 0.717) is 4.90 Å². The summed E-state index contributed by atoms with van der Waals surface area (Å²) in [6.45, 7) is 0. The summed E-state index contributed by atoms with van der Waals surface area (Å²) in [5, 5.41) is 35.3. The fourth-order valence-corrected chi connectivity index (χ4v) is 9.68. The van der Waals surface area contributed by atoms with Gasteiger partial charge in [-0.15, -0.1) is 23.2 Å². The fraction of sp³-hybridized carbons (Fsp3) is 0.294. The number of phenols is 1. The Labute approximate surface area is 328 Å². The number of hydrogen-bond acceptors (Lipinski definition) is 10. The zero-order valence-corrected chi connectivity index (χ0v) is 31.3. The maximum Gasteiger partial charge on any atom is 0.301 e. The summed E-state index contributed by atoms with van der Waals surface area (Å²) in [5.74, 6) is -24.9. The first-order valence-corrected chi connectivity index (χ1v) is 17.6. The van der Waals surface area contributed by atoms with E-state index in [1.165, 1.54) is 32.3 Å². The maximum atomic E-state index is 15.3. The zero-order chi connectivity index (χ0) is 41.2. The number of rotatable bonds is 6. The topological polar surface area (TPSA) is 185 Å². The summed E-state index contributed by atoms with van der Waals surface area (Å²) in [7, 11) is 2.60. The minimum atomic E-state index is -2.91. The van der Waals surface area contributed by atoms with Crippen molar-refractivity contribution >= 4 is 91.2 Å². The number of anilines is 3. The Morgan fingerprint density at radius 3 is 1.93 bits per heavy atom. The molecule has 7 rings (SSSR count). The quantitative estimate of drug-likeness (QED) is 0.0419. The summed E-state index contributed by atoms with van der Waals surface area (Å²) in [5.41, 5.74) is -4.87. The van der Waals surface area contributed by atoms with Crippen LogP contribution >= 0.6 is 39.1 Å². The number of allylic oxidation sites excluding steroid dienone is 2. The second kappa shape index (κ2) is 12.9. The molecule has 2 saturated heterocycles. The van der Waals surface area contributed by atoms with Crippen molar-refractivity contribution in [2.45, 2.75) is 28.5 Å². The van der Waals surface area contributed by atoms with Gasteiger partial charge in [-0.05, 0) is 37.0 Å². The minimum Gasteiger partial charge on any atom is -0.508 e. The van der Waals surface area contributed by atoms with Crippen LogP contribution in [0.25, 0.3) is 0 Å². The van der Waals surface area contributed by atoms with Crippen molar-refractivity contribution in [3.8, 4) is 5.75 Å². The molecule has 0 aromatic heterocycles. The molecule has 2 aliphatic heterocycles. The molecular weight excluding hydrogens is 868 g/mol. The molecule has 4 amide bonds. The average molecular weight is 889 g/mol. The number of nitro groups is 2. The van der Waals surface area contributed by atoms with Gasteiger partial charge in [-0.25, -0.2) is 31.8 Å². The van der Waals surface area contributed by atoms with Crippen molar-refractivity contribution in [2.24, 2.45) is 17.8 Å². The molecule has 4 aliphatic rings. The number of amides is 4. The largest absolute Gasteiger partial charge is 0.508 e. The van der Waals surface area contributed by atoms with Gasteiger partial charge in [0, 0.05) is 42.2 Å². The van der Waals surface area contributed by atoms with E-state index in [9.17, 15) is 57.7 Å². The van der Waals surface area contributed by atoms with E-state index in [4.69, 9.17) is 23.2 Å². The predicted octanol–water partition coefficient (Wildman–Crippen LogP) is 6.50. The first kappa shape index (κ1) is 39.0. The molecule has 22 heteroatoms. The monoisotopic (exact) mass is 887 g/mol. The summed E-state index contributed by atoms with van der Waals surface area (Å²) in [4.78, 5) is 75.0. The third-order valence-electron chi connectivity index (χ3n) is 10.7. The van der Waals surface area contributed by atoms with E-state index < -0.39 is 137 Å². The van der Waals surface area contributed by atoms with Gasteiger partial charge in [0.1, 0.15) is 11.4 Å². The van der Waals surface area contributed by atoms with Gasteiger partial charge in [0.05, 0.1) is 27.4 Å². The van der Waals surface area contributed by atoms with Gasteiger partial charge >= 0.3 is 11.4 Å². The number of benzene rings is 3. The molecule has 0 radical (unpaired) electrons. The highest BCUT2D eigenvalue weighted by molar-refractivity contribution is 9.10. The van der Waals surface area contributed by atoms with Gasteiger partial charge in [0.15, 0.2) is 38.7 Å². The van der Waals surface area contributed by atoms with Crippen LogP contribution in [0.1, 0.15) is 24.3 Å². The van der Waals surface area contributed by atoms with Gasteiger partial charge < -0.3 is 10.0 Å². The summed E-state index contributed by atoms with van der Waals surface area (Å²) in [6, 6.07) is 5.33. The number of carbonyl (C=O) groups is 4. The smallest absolute Gasteiger partial charge is 0.301 e. The number of alkyl halides is 2. The number of nitrogens with zero attached hydrogens (tertiary/aromatic N) is 5. The standard InChI is InChI=1S/C34H21BrCl2F5N5O9/c1-43(2)27-17(46(53)54)8-12(9-18(27)47(55)56)44-29(49)14-5-4-13-16(20(14)30(44)50)10-33(36)31(51)45(28-25(41)23(39)22(38)24(40)26(28)42)32(52)34(33,37)21(13)15-7-11(35)3-6-19(15)48/h3-4,6-9,14,16,20-21,48H,5,10H2,1-2H3/t14-,16+,20-,21+,33+,34-/m0/s1. The molecule has 6 atom stereocenters. The van der Waals surface area contributed by atoms with Gasteiger partial charge in [-0.3, -0.25) is 39.4 Å². The number of fused-ring (bicyclic) bond motifs is 4. The van der Waals surface area contributed by atoms with Gasteiger partial charge in [0.25, 0.3) is 11.8 Å². The Hall–Kier alpha value is -5.21. The van der Waals surface area contributed by atoms with Crippen molar-refractivity contribution in [1.29, 1.82) is 0 Å². The van der Waals surface area contributed by atoms with Crippen LogP contribution in [-0.2, 0) is 19.2 Å². The van der Waals surface area contributed by atoms with Crippen LogP contribution in [0, 0.1) is 67.1 Å². The number of carbonyl (C=O) groups excluding carboxylic acids is 4. The number of halogens is 8. The lowest BCUT2D eigenvalue weighted by Crippen LogP contribution is -2.60. The molecule has 0 spiro atoms. The van der Waals surface area contributed by atoms with Crippen LogP contribution in [0.4, 0.5) is 50.4 Å². The third kappa shape index (κ3) is 5.03. The number of hydrogen-bond donors (Lipinski definition) is 1. The molecule has 3 aromatic rings. The molecule has 2 aliphatic carbocycles. The summed E-state index contributed by atoms with van der Waals surface area (Å²) >= 11 is 17.4. The van der Waals surface area contributed by atoms with E-state index in [1.807, 2.05) is 0 Å². The Morgan fingerprint density at radius 2 is 1.39 bits per heavy atom. The highest BCUT2D eigenvalue weighted by Gasteiger charge is 2.77. The van der Waals surface area contributed by atoms with E-state index in [-0.39, 0.29) is 26.9 Å². The Balaban J connectivity index is 1.43. The zero-order valence-electron chi connectivity index (χ0n) is 28.2. The van der Waals surface area contributed by atoms with Crippen molar-refractivity contribution in [3.63, 3.8) is 0 Å². The van der Waals surface area contributed by atoms with Crippen LogP contribution in [0.2, 0.25) is 0 Å². The van der Waals surface area contributed by atoms with E-state index in [0.717, 1.165) is 23.1 Å². The summed E-state index contributed by atoms with van der Waals surface area (Å²) in [6.07, 6.45) is 0.180. The molecule has 14 nitrogen and oxygen atoms in total. The number of phenolic OH excluding ortho intramolecular Hbond substituents is 1. The third-order valence-corrected chi connectivity index (χ3v) is 12.6. The highest BCUT2D eigenvalue weighted by Crippen LogP contribution is 2.67. The van der Waals surface area contributed by atoms with Crippen molar-refractivity contribution in [2.75, 3.05) is 28.8 Å². The molecule has 292 valence electrons. The Bertz CT molecular complexity index is 2380. The predicted molar refractivity (Wildman–Crippen MR) is 189 cm³/mol. The summed E-state index contributed by atoms with van der Waals surface area (Å²) < 4.78 is 73.8. The number of imide groups is 2. The minimum absolute atomic E-state index is 0.00857. The SMILES string of the molecule is CN(C)c1c([N+](=O)[O-])cc(N2C(=O)[C@H]3[C@H](CC=C4[C@H]3C[C@@]3(Cl)C(=O)N(c5c(F)c(F)c(F)c(F)c5F)C(=O)[C@@]3(Cl)[C@H]4c3cc(Br)ccc3O)C2=O)cc1[N+](=O)[O-]. The average Bonchev–Trinajstić information content (AvgIpc) is 3.48. The van der Waals surface area contributed by atoms with E-state index in [2.05, 4.69) is 15.9 Å². The first-order valence-electron chi connectivity index (χ1n) is 16.1. The highest BCUT2D eigenvalue weighted by atomic mass is 79.9. The molecule has 0 bridgehead atoms. The normalized spacial score (nSPS) is 26.9. The lowest BCUT2D eigenvalue weighted by atomic mass is 9.56. The lowest BCUT2D eigenvalue weighted by Gasteiger charge is -2.50. The number of aromatic hydroxyl groups is 1. The first-order chi connectivity index (χ1) is 26.1.